The summed E-state index contributed by atoms with van der Waals surface area (Å²) in [6, 6.07) is 0. The summed E-state index contributed by atoms with van der Waals surface area (Å²) >= 11 is 0. The molecule has 80 valence electrons. The predicted molar refractivity (Wildman–Crippen MR) is 43.8 cm³/mol. The smallest absolute Gasteiger partial charge is 0.302 e. The van der Waals surface area contributed by atoms with Gasteiger partial charge in [-0.3, -0.25) is 4.52 Å². The van der Waals surface area contributed by atoms with Crippen LogP contribution >= 0.6 is 15.6 Å². The Morgan fingerprint density at radius 1 is 1.23 bits per heavy atom. The maximum Gasteiger partial charge on any atom is 0.481 e. The van der Waals surface area contributed by atoms with Gasteiger partial charge in [0.1, 0.15) is 0 Å². The van der Waals surface area contributed by atoms with Gasteiger partial charge in [0.25, 0.3) is 0 Å². The first-order valence-electron chi connectivity index (χ1n) is 3.51. The molecule has 0 radical (unpaired) electrons. The van der Waals surface area contributed by atoms with E-state index in [1.165, 1.54) is 0 Å². The lowest BCUT2D eigenvalue weighted by molar-refractivity contribution is 0.176. The molecular weight excluding hydrogens is 222 g/mol. The highest BCUT2D eigenvalue weighted by atomic mass is 31.3. The third kappa shape index (κ3) is 8.59. The molecule has 0 aliphatic heterocycles. The summed E-state index contributed by atoms with van der Waals surface area (Å²) in [5, 5.41) is 0. The topological polar surface area (TPSA) is 113 Å². The van der Waals surface area contributed by atoms with E-state index in [4.69, 9.17) is 14.7 Å². The maximum absolute atomic E-state index is 10.7. The van der Waals surface area contributed by atoms with Crippen molar-refractivity contribution in [3.8, 4) is 0 Å². The predicted octanol–water partition coefficient (Wildman–Crippen LogP) is 1.01. The van der Waals surface area contributed by atoms with Gasteiger partial charge in [-0.15, -0.1) is 0 Å². The molecule has 3 N–H and O–H groups in total. The molecule has 0 saturated heterocycles. The van der Waals surface area contributed by atoms with Crippen LogP contribution in [0.1, 0.15) is 19.8 Å². The Bertz CT molecular complexity index is 233. The molecule has 0 bridgehead atoms. The Morgan fingerprint density at radius 2 is 1.77 bits per heavy atom. The second-order valence-corrected chi connectivity index (χ2v) is 5.06. The van der Waals surface area contributed by atoms with E-state index in [-0.39, 0.29) is 6.61 Å². The van der Waals surface area contributed by atoms with Crippen molar-refractivity contribution >= 4 is 15.6 Å². The van der Waals surface area contributed by atoms with E-state index in [0.717, 1.165) is 6.42 Å². The molecule has 7 nitrogen and oxygen atoms in total. The van der Waals surface area contributed by atoms with Crippen LogP contribution in [0.3, 0.4) is 0 Å². The average Bonchev–Trinajstić information content (AvgIpc) is 1.81. The highest BCUT2D eigenvalue weighted by molar-refractivity contribution is 7.60. The largest absolute Gasteiger partial charge is 0.481 e. The first kappa shape index (κ1) is 13.3. The van der Waals surface area contributed by atoms with Crippen LogP contribution in [0.15, 0.2) is 0 Å². The minimum Gasteiger partial charge on any atom is -0.302 e. The van der Waals surface area contributed by atoms with E-state index < -0.39 is 15.6 Å². The molecule has 0 saturated carbocycles. The van der Waals surface area contributed by atoms with Crippen molar-refractivity contribution in [3.63, 3.8) is 0 Å². The molecule has 0 rings (SSSR count). The summed E-state index contributed by atoms with van der Waals surface area (Å²) in [5.41, 5.74) is 0. The second kappa shape index (κ2) is 5.22. The second-order valence-electron chi connectivity index (χ2n) is 2.23. The van der Waals surface area contributed by atoms with E-state index in [9.17, 15) is 9.13 Å². The van der Waals surface area contributed by atoms with Crippen molar-refractivity contribution in [1.29, 1.82) is 0 Å². The normalized spacial score (nSPS) is 16.9. The number of rotatable bonds is 6. The van der Waals surface area contributed by atoms with Crippen LogP contribution in [0, 0.1) is 0 Å². The monoisotopic (exact) mass is 234 g/mol. The minimum atomic E-state index is -4.97. The first-order chi connectivity index (χ1) is 5.77. The third-order valence-electron chi connectivity index (χ3n) is 0.962. The summed E-state index contributed by atoms with van der Waals surface area (Å²) in [6.07, 6.45) is 1.24. The van der Waals surface area contributed by atoms with Crippen molar-refractivity contribution in [2.24, 2.45) is 0 Å². The van der Waals surface area contributed by atoms with Gasteiger partial charge in [-0.05, 0) is 6.42 Å². The van der Waals surface area contributed by atoms with Crippen LogP contribution in [0.25, 0.3) is 0 Å². The van der Waals surface area contributed by atoms with E-state index >= 15 is 0 Å². The molecule has 0 fully saturated rings. The van der Waals surface area contributed by atoms with Crippen molar-refractivity contribution in [1.82, 2.24) is 0 Å². The van der Waals surface area contributed by atoms with Gasteiger partial charge in [0.2, 0.25) is 0 Å². The molecule has 0 aliphatic rings. The van der Waals surface area contributed by atoms with Gasteiger partial charge in [0.15, 0.2) is 0 Å². The average molecular weight is 234 g/mol. The molecule has 13 heavy (non-hydrogen) atoms. The Labute approximate surface area is 75.5 Å². The van der Waals surface area contributed by atoms with Crippen molar-refractivity contribution < 1.29 is 32.6 Å². The molecule has 0 aliphatic carbocycles. The number of hydrogen-bond acceptors (Lipinski definition) is 4. The molecule has 0 aromatic heterocycles. The Hall–Kier alpha value is 0.260. The summed E-state index contributed by atoms with van der Waals surface area (Å²) in [5.74, 6) is 0. The fraction of sp³-hybridized carbons (Fsp3) is 1.00. The minimum absolute atomic E-state index is 0.0791. The summed E-state index contributed by atoms with van der Waals surface area (Å²) in [4.78, 5) is 25.1. The molecular formula is C4H12O7P2. The van der Waals surface area contributed by atoms with Gasteiger partial charge in [-0.1, -0.05) is 13.3 Å². The first-order valence-corrected chi connectivity index (χ1v) is 6.53. The van der Waals surface area contributed by atoms with Gasteiger partial charge in [0.05, 0.1) is 6.61 Å². The number of phosphoric acid groups is 2. The van der Waals surface area contributed by atoms with Crippen LogP contribution in [0.4, 0.5) is 0 Å². The molecule has 0 spiro atoms. The van der Waals surface area contributed by atoms with Crippen LogP contribution in [0.2, 0.25) is 0 Å². The number of unbranched alkanes of at least 4 members (excludes halogenated alkanes) is 1. The van der Waals surface area contributed by atoms with Gasteiger partial charge < -0.3 is 14.7 Å². The van der Waals surface area contributed by atoms with Crippen molar-refractivity contribution in [3.05, 3.63) is 0 Å². The van der Waals surface area contributed by atoms with E-state index in [2.05, 4.69) is 8.83 Å². The molecule has 0 aromatic carbocycles. The molecule has 1 unspecified atom stereocenters. The Morgan fingerprint density at radius 3 is 2.15 bits per heavy atom. The standard InChI is InChI=1S/C4H12O7P2/c1-2-3-4-10-13(8,9)11-12(5,6)7/h2-4H2,1H3,(H,8,9)(H2,5,6,7). The SMILES string of the molecule is CCCCOP(=O)(O)OP(=O)(O)O. The van der Waals surface area contributed by atoms with Crippen LogP contribution < -0.4 is 0 Å². The van der Waals surface area contributed by atoms with Crippen LogP contribution in [-0.4, -0.2) is 21.3 Å². The lowest BCUT2D eigenvalue weighted by Crippen LogP contribution is -1.95. The van der Waals surface area contributed by atoms with Gasteiger partial charge in [-0.25, -0.2) is 9.13 Å². The van der Waals surface area contributed by atoms with Crippen LogP contribution in [-0.2, 0) is 18.0 Å². The fourth-order valence-corrected chi connectivity index (χ4v) is 2.11. The molecule has 9 heteroatoms. The summed E-state index contributed by atoms with van der Waals surface area (Å²) in [6.45, 7) is 1.75. The van der Waals surface area contributed by atoms with Gasteiger partial charge in [-0.2, -0.15) is 4.31 Å². The zero-order valence-corrected chi connectivity index (χ0v) is 8.78. The van der Waals surface area contributed by atoms with Gasteiger partial charge in [0, 0.05) is 0 Å². The van der Waals surface area contributed by atoms with E-state index in [1.807, 2.05) is 6.92 Å². The van der Waals surface area contributed by atoms with Crippen molar-refractivity contribution in [2.45, 2.75) is 19.8 Å². The highest BCUT2D eigenvalue weighted by Crippen LogP contribution is 2.57. The third-order valence-corrected chi connectivity index (χ3v) is 3.15. The molecule has 0 aromatic rings. The summed E-state index contributed by atoms with van der Waals surface area (Å²) < 4.78 is 28.6. The van der Waals surface area contributed by atoms with Gasteiger partial charge >= 0.3 is 15.6 Å². The Kier molecular flexibility index (Phi) is 5.32. The van der Waals surface area contributed by atoms with E-state index in [0.29, 0.717) is 6.42 Å². The zero-order chi connectivity index (χ0) is 10.5. The molecule has 1 atom stereocenters. The quantitative estimate of drug-likeness (QED) is 0.464. The highest BCUT2D eigenvalue weighted by Gasteiger charge is 2.31. The fourth-order valence-electron chi connectivity index (χ4n) is 0.482. The van der Waals surface area contributed by atoms with Crippen molar-refractivity contribution in [2.75, 3.05) is 6.61 Å². The lowest BCUT2D eigenvalue weighted by atomic mass is 10.4. The Balaban J connectivity index is 3.95. The molecule has 0 amide bonds. The van der Waals surface area contributed by atoms with Crippen LogP contribution in [0.5, 0.6) is 0 Å². The summed E-state index contributed by atoms with van der Waals surface area (Å²) in [7, 11) is -9.58. The number of hydrogen-bond donors (Lipinski definition) is 3. The van der Waals surface area contributed by atoms with E-state index in [1.54, 1.807) is 0 Å². The zero-order valence-electron chi connectivity index (χ0n) is 6.99. The maximum atomic E-state index is 10.7. The lowest BCUT2D eigenvalue weighted by Gasteiger charge is -2.11. The number of phosphoric ester groups is 1. The molecule has 0 heterocycles.